The summed E-state index contributed by atoms with van der Waals surface area (Å²) >= 11 is 1.92. The number of rotatable bonds is 6. The molecule has 2 aliphatic rings. The van der Waals surface area contributed by atoms with Crippen LogP contribution in [-0.4, -0.2) is 0 Å². The highest BCUT2D eigenvalue weighted by atomic mass is 32.1. The molecule has 2 nitrogen and oxygen atoms in total. The fourth-order valence-corrected chi connectivity index (χ4v) is 9.39. The summed E-state index contributed by atoms with van der Waals surface area (Å²) in [6.45, 7) is 0. The van der Waals surface area contributed by atoms with Crippen molar-refractivity contribution in [3.63, 3.8) is 0 Å². The summed E-state index contributed by atoms with van der Waals surface area (Å²) in [5.74, 6) is 0.493. The Morgan fingerprint density at radius 1 is 0.627 bits per heavy atom. The molecular formula is C48H35NOS. The smallest absolute Gasteiger partial charge is 0.137 e. The normalized spacial score (nSPS) is 17.3. The first-order chi connectivity index (χ1) is 25.3. The van der Waals surface area contributed by atoms with Crippen molar-refractivity contribution in [3.05, 3.63) is 199 Å². The van der Waals surface area contributed by atoms with Crippen LogP contribution in [0.2, 0.25) is 0 Å². The van der Waals surface area contributed by atoms with Crippen LogP contribution in [0.15, 0.2) is 192 Å². The molecule has 2 atom stereocenters. The lowest BCUT2D eigenvalue weighted by molar-refractivity contribution is 0.669. The van der Waals surface area contributed by atoms with Crippen molar-refractivity contribution in [2.24, 2.45) is 0 Å². The van der Waals surface area contributed by atoms with Gasteiger partial charge in [0.15, 0.2) is 0 Å². The fraction of sp³-hybridized carbons (Fsp3) is 0.0833. The Kier molecular flexibility index (Phi) is 7.32. The Labute approximate surface area is 301 Å². The van der Waals surface area contributed by atoms with E-state index < -0.39 is 0 Å². The van der Waals surface area contributed by atoms with E-state index in [1.165, 1.54) is 53.8 Å². The van der Waals surface area contributed by atoms with Gasteiger partial charge in [0.05, 0.1) is 11.1 Å². The summed E-state index contributed by atoms with van der Waals surface area (Å²) in [7, 11) is 0. The summed E-state index contributed by atoms with van der Waals surface area (Å²) in [5, 5.41) is 4.97. The third kappa shape index (κ3) is 5.16. The van der Waals surface area contributed by atoms with E-state index in [-0.39, 0.29) is 5.92 Å². The molecule has 0 amide bonds. The highest BCUT2D eigenvalue weighted by Gasteiger charge is 2.30. The molecule has 2 aromatic heterocycles. The van der Waals surface area contributed by atoms with Crippen molar-refractivity contribution in [1.82, 2.24) is 0 Å². The van der Waals surface area contributed by atoms with Gasteiger partial charge in [-0.2, -0.15) is 0 Å². The van der Waals surface area contributed by atoms with Gasteiger partial charge < -0.3 is 9.32 Å². The van der Waals surface area contributed by atoms with Crippen LogP contribution in [0.25, 0.3) is 53.2 Å². The number of anilines is 1. The molecule has 0 bridgehead atoms. The minimum absolute atomic E-state index is 0.178. The van der Waals surface area contributed by atoms with E-state index in [1.807, 2.05) is 11.3 Å². The number of para-hydroxylation sites is 1. The van der Waals surface area contributed by atoms with Crippen molar-refractivity contribution in [2.75, 3.05) is 4.90 Å². The zero-order valence-electron chi connectivity index (χ0n) is 28.1. The number of hydrogen-bond acceptors (Lipinski definition) is 3. The predicted octanol–water partition coefficient (Wildman–Crippen LogP) is 13.7. The third-order valence-corrected chi connectivity index (χ3v) is 11.8. The first-order valence-corrected chi connectivity index (χ1v) is 18.6. The van der Waals surface area contributed by atoms with Gasteiger partial charge in [0.2, 0.25) is 0 Å². The average Bonchev–Trinajstić information content (AvgIpc) is 3.78. The van der Waals surface area contributed by atoms with Crippen LogP contribution in [0.3, 0.4) is 0 Å². The standard InChI is InChI=1S/C48H35NOS/c1-2-12-32(13-3-1)33-24-26-34(27-25-33)35-28-30-36(31-29-35)49(43-20-11-22-45-47(43)41-16-5-8-21-44(41)50-45)42-19-7-4-14-37(42)39-17-10-18-40-38-15-6-9-23-46(38)51-48(39)40/h1-13,15-28,30-31,35,37H,14,29H2. The minimum Gasteiger partial charge on any atom is -0.456 e. The molecule has 8 aromatic rings. The number of thiophene rings is 1. The van der Waals surface area contributed by atoms with Crippen molar-refractivity contribution < 1.29 is 4.42 Å². The Balaban J connectivity index is 1.09. The van der Waals surface area contributed by atoms with Gasteiger partial charge in [-0.1, -0.05) is 140 Å². The average molecular weight is 674 g/mol. The molecule has 10 rings (SSSR count). The molecule has 0 fully saturated rings. The Hall–Kier alpha value is -5.90. The van der Waals surface area contributed by atoms with Crippen molar-refractivity contribution in [2.45, 2.75) is 24.7 Å². The van der Waals surface area contributed by atoms with E-state index in [4.69, 9.17) is 4.42 Å². The van der Waals surface area contributed by atoms with Gasteiger partial charge in [-0.3, -0.25) is 0 Å². The molecule has 3 heteroatoms. The molecule has 0 radical (unpaired) electrons. The van der Waals surface area contributed by atoms with Crippen LogP contribution in [0.4, 0.5) is 5.69 Å². The van der Waals surface area contributed by atoms with E-state index in [1.54, 1.807) is 0 Å². The molecule has 51 heavy (non-hydrogen) atoms. The third-order valence-electron chi connectivity index (χ3n) is 10.6. The molecule has 0 aliphatic heterocycles. The molecule has 2 unspecified atom stereocenters. The topological polar surface area (TPSA) is 16.4 Å². The van der Waals surface area contributed by atoms with Crippen LogP contribution in [0, 0.1) is 0 Å². The largest absolute Gasteiger partial charge is 0.456 e. The number of hydrogen-bond donors (Lipinski definition) is 0. The van der Waals surface area contributed by atoms with E-state index >= 15 is 0 Å². The summed E-state index contributed by atoms with van der Waals surface area (Å²) in [6.07, 6.45) is 15.9. The molecule has 0 N–H and O–H groups in total. The summed E-state index contributed by atoms with van der Waals surface area (Å²) in [5.41, 5.74) is 10.7. The molecule has 244 valence electrons. The summed E-state index contributed by atoms with van der Waals surface area (Å²) in [6, 6.07) is 50.3. The van der Waals surface area contributed by atoms with Crippen LogP contribution in [0.1, 0.15) is 35.8 Å². The van der Waals surface area contributed by atoms with Gasteiger partial charge in [-0.25, -0.2) is 0 Å². The predicted molar refractivity (Wildman–Crippen MR) is 217 cm³/mol. The van der Waals surface area contributed by atoms with Crippen LogP contribution in [0.5, 0.6) is 0 Å². The van der Waals surface area contributed by atoms with Crippen molar-refractivity contribution >= 4 is 59.1 Å². The Morgan fingerprint density at radius 3 is 2.24 bits per heavy atom. The second kappa shape index (κ2) is 12.5. The maximum absolute atomic E-state index is 6.44. The lowest BCUT2D eigenvalue weighted by Gasteiger charge is -2.36. The minimum atomic E-state index is 0.178. The number of furan rings is 1. The van der Waals surface area contributed by atoms with Gasteiger partial charge in [0, 0.05) is 48.8 Å². The van der Waals surface area contributed by atoms with Crippen molar-refractivity contribution in [3.8, 4) is 11.1 Å². The SMILES string of the molecule is C1=CCC(c2cccc3c2sc2ccccc23)C(N(C2=CCC(c3ccc(-c4ccccc4)cc3)C=C2)c2cccc3oc4ccccc4c23)=C1. The molecule has 2 heterocycles. The summed E-state index contributed by atoms with van der Waals surface area (Å²) < 4.78 is 9.16. The van der Waals surface area contributed by atoms with Gasteiger partial charge in [-0.05, 0) is 71.5 Å². The molecule has 0 saturated heterocycles. The van der Waals surface area contributed by atoms with E-state index in [2.05, 4.69) is 181 Å². The van der Waals surface area contributed by atoms with Crippen LogP contribution in [-0.2, 0) is 0 Å². The highest BCUT2D eigenvalue weighted by molar-refractivity contribution is 7.26. The fourth-order valence-electron chi connectivity index (χ4n) is 8.12. The molecule has 0 saturated carbocycles. The number of allylic oxidation sites excluding steroid dienone is 7. The Bertz CT molecular complexity index is 2700. The zero-order valence-corrected chi connectivity index (χ0v) is 28.9. The van der Waals surface area contributed by atoms with Gasteiger partial charge in [-0.15, -0.1) is 11.3 Å². The monoisotopic (exact) mass is 673 g/mol. The van der Waals surface area contributed by atoms with Crippen LogP contribution < -0.4 is 4.90 Å². The van der Waals surface area contributed by atoms with Gasteiger partial charge >= 0.3 is 0 Å². The molecule has 6 aromatic carbocycles. The maximum Gasteiger partial charge on any atom is 0.137 e. The van der Waals surface area contributed by atoms with Crippen LogP contribution >= 0.6 is 11.3 Å². The molecular weight excluding hydrogens is 639 g/mol. The zero-order chi connectivity index (χ0) is 33.7. The summed E-state index contributed by atoms with van der Waals surface area (Å²) in [4.78, 5) is 2.52. The number of nitrogens with zero attached hydrogens (tertiary/aromatic N) is 1. The van der Waals surface area contributed by atoms with Gasteiger partial charge in [0.1, 0.15) is 11.2 Å². The lowest BCUT2D eigenvalue weighted by atomic mass is 9.86. The number of benzene rings is 6. The second-order valence-corrected chi connectivity index (χ2v) is 14.6. The maximum atomic E-state index is 6.44. The van der Waals surface area contributed by atoms with E-state index in [9.17, 15) is 0 Å². The molecule has 0 spiro atoms. The van der Waals surface area contributed by atoms with Crippen molar-refractivity contribution in [1.29, 1.82) is 0 Å². The molecule has 2 aliphatic carbocycles. The number of fused-ring (bicyclic) bond motifs is 6. The van der Waals surface area contributed by atoms with E-state index in [0.717, 1.165) is 40.5 Å². The van der Waals surface area contributed by atoms with Gasteiger partial charge in [0.25, 0.3) is 0 Å². The quantitative estimate of drug-likeness (QED) is 0.175. The first-order valence-electron chi connectivity index (χ1n) is 17.8. The first kappa shape index (κ1) is 30.0. The Morgan fingerprint density at radius 2 is 1.37 bits per heavy atom. The van der Waals surface area contributed by atoms with E-state index in [0.29, 0.717) is 5.92 Å². The lowest BCUT2D eigenvalue weighted by Crippen LogP contribution is -2.27. The second-order valence-electron chi connectivity index (χ2n) is 13.5. The highest BCUT2D eigenvalue weighted by Crippen LogP contribution is 2.47.